The molecule has 9 nitrogen and oxygen atoms in total. The lowest BCUT2D eigenvalue weighted by atomic mass is 10.1. The molecule has 0 unspecified atom stereocenters. The number of carboxylic acid groups (broad SMARTS) is 2. The van der Waals surface area contributed by atoms with Gasteiger partial charge in [-0.15, -0.1) is 0 Å². The van der Waals surface area contributed by atoms with Crippen LogP contribution >= 0.6 is 0 Å². The minimum Gasteiger partial charge on any atom is -0.507 e. The highest BCUT2D eigenvalue weighted by atomic mass is 16.4. The van der Waals surface area contributed by atoms with E-state index in [-0.39, 0.29) is 22.6 Å². The highest BCUT2D eigenvalue weighted by Crippen LogP contribution is 2.30. The van der Waals surface area contributed by atoms with Crippen LogP contribution in [0.2, 0.25) is 0 Å². The number of furan rings is 2. The lowest BCUT2D eigenvalue weighted by Crippen LogP contribution is -2.21. The molecule has 40 heavy (non-hydrogen) atoms. The zero-order valence-corrected chi connectivity index (χ0v) is 21.2. The summed E-state index contributed by atoms with van der Waals surface area (Å²) in [6.45, 7) is 1.41. The van der Waals surface area contributed by atoms with Crippen molar-refractivity contribution in [1.82, 2.24) is 4.90 Å². The van der Waals surface area contributed by atoms with Crippen molar-refractivity contribution in [3.63, 3.8) is 0 Å². The van der Waals surface area contributed by atoms with E-state index in [1.54, 1.807) is 24.3 Å². The van der Waals surface area contributed by atoms with E-state index >= 15 is 0 Å². The van der Waals surface area contributed by atoms with Crippen molar-refractivity contribution in [2.75, 3.05) is 0 Å². The SMILES string of the molecule is O=C(O)c1cc(-c2ccc(CN(Cc3ccccc3)Cc3ccc(-c4ccc(O)c(C(=O)O)c4)o3)o2)ccc1O. The summed E-state index contributed by atoms with van der Waals surface area (Å²) in [5, 5.41) is 38.3. The fraction of sp³-hybridized carbons (Fsp3) is 0.0968. The summed E-state index contributed by atoms with van der Waals surface area (Å²) in [7, 11) is 0. The molecule has 0 atom stereocenters. The van der Waals surface area contributed by atoms with E-state index in [4.69, 9.17) is 8.83 Å². The van der Waals surface area contributed by atoms with Crippen LogP contribution in [0.25, 0.3) is 22.6 Å². The van der Waals surface area contributed by atoms with E-state index in [2.05, 4.69) is 4.90 Å². The van der Waals surface area contributed by atoms with Gasteiger partial charge in [-0.3, -0.25) is 4.90 Å². The minimum absolute atomic E-state index is 0.209. The quantitative estimate of drug-likeness (QED) is 0.163. The lowest BCUT2D eigenvalue weighted by molar-refractivity contribution is 0.0682. The molecule has 0 saturated heterocycles. The normalized spacial score (nSPS) is 11.1. The molecule has 5 rings (SSSR count). The van der Waals surface area contributed by atoms with Gasteiger partial charge >= 0.3 is 11.9 Å². The number of rotatable bonds is 10. The van der Waals surface area contributed by atoms with Gasteiger partial charge < -0.3 is 29.3 Å². The first kappa shape index (κ1) is 26.3. The third-order valence-corrected chi connectivity index (χ3v) is 6.35. The smallest absolute Gasteiger partial charge is 0.339 e. The van der Waals surface area contributed by atoms with Crippen LogP contribution in [0.15, 0.2) is 99.8 Å². The number of nitrogens with zero attached hydrogens (tertiary/aromatic N) is 1. The van der Waals surface area contributed by atoms with Gasteiger partial charge in [0.05, 0.1) is 13.1 Å². The van der Waals surface area contributed by atoms with Gasteiger partial charge in [0.1, 0.15) is 45.7 Å². The average Bonchev–Trinajstić information content (AvgIpc) is 3.59. The van der Waals surface area contributed by atoms with Crippen molar-refractivity contribution in [1.29, 1.82) is 0 Å². The maximum Gasteiger partial charge on any atom is 0.339 e. The summed E-state index contributed by atoms with van der Waals surface area (Å²) in [5.41, 5.74) is 1.72. The Bertz CT molecular complexity index is 1560. The Kier molecular flexibility index (Phi) is 7.39. The Balaban J connectivity index is 1.38. The lowest BCUT2D eigenvalue weighted by Gasteiger charge is -2.20. The van der Waals surface area contributed by atoms with Crippen LogP contribution in [0.1, 0.15) is 37.8 Å². The molecule has 5 aromatic rings. The van der Waals surface area contributed by atoms with E-state index in [1.165, 1.54) is 24.3 Å². The number of hydrogen-bond acceptors (Lipinski definition) is 7. The van der Waals surface area contributed by atoms with E-state index < -0.39 is 11.9 Å². The number of hydrogen-bond donors (Lipinski definition) is 4. The van der Waals surface area contributed by atoms with Crippen LogP contribution in [0, 0.1) is 0 Å². The minimum atomic E-state index is -1.23. The number of aromatic hydroxyl groups is 2. The predicted molar refractivity (Wildman–Crippen MR) is 145 cm³/mol. The molecule has 2 aromatic heterocycles. The average molecular weight is 540 g/mol. The van der Waals surface area contributed by atoms with Gasteiger partial charge in [-0.1, -0.05) is 30.3 Å². The molecule has 0 aliphatic rings. The fourth-order valence-corrected chi connectivity index (χ4v) is 4.41. The van der Waals surface area contributed by atoms with Crippen molar-refractivity contribution >= 4 is 11.9 Å². The van der Waals surface area contributed by atoms with Crippen molar-refractivity contribution in [2.45, 2.75) is 19.6 Å². The molecule has 202 valence electrons. The zero-order valence-electron chi connectivity index (χ0n) is 21.2. The Labute approximate surface area is 228 Å². The summed E-state index contributed by atoms with van der Waals surface area (Å²) in [4.78, 5) is 24.9. The fourth-order valence-electron chi connectivity index (χ4n) is 4.41. The standard InChI is InChI=1S/C31H25NO8/c33-26-10-6-20(14-24(26)30(35)36)28-12-8-22(39-28)17-32(16-19-4-2-1-3-5-19)18-23-9-13-29(40-23)21-7-11-27(34)25(15-21)31(37)38/h1-15,33-34H,16-18H2,(H,35,36)(H,37,38). The molecule has 0 bridgehead atoms. The summed E-state index contributed by atoms with van der Waals surface area (Å²) in [6.07, 6.45) is 0. The molecule has 0 fully saturated rings. The largest absolute Gasteiger partial charge is 0.507 e. The Hall–Kier alpha value is -5.28. The molecular formula is C31H25NO8. The molecule has 9 heteroatoms. The van der Waals surface area contributed by atoms with E-state index in [9.17, 15) is 30.0 Å². The molecule has 0 radical (unpaired) electrons. The second-order valence-electron chi connectivity index (χ2n) is 9.24. The second kappa shape index (κ2) is 11.2. The van der Waals surface area contributed by atoms with Crippen LogP contribution in [-0.4, -0.2) is 37.3 Å². The van der Waals surface area contributed by atoms with Crippen LogP contribution in [-0.2, 0) is 19.6 Å². The number of phenols is 2. The molecule has 0 aliphatic heterocycles. The highest BCUT2D eigenvalue weighted by Gasteiger charge is 2.17. The third-order valence-electron chi connectivity index (χ3n) is 6.35. The molecule has 4 N–H and O–H groups in total. The first-order valence-corrected chi connectivity index (χ1v) is 12.3. The molecule has 0 amide bonds. The molecular weight excluding hydrogens is 514 g/mol. The zero-order chi connectivity index (χ0) is 28.2. The van der Waals surface area contributed by atoms with Crippen LogP contribution in [0.4, 0.5) is 0 Å². The number of benzene rings is 3. The van der Waals surface area contributed by atoms with Crippen LogP contribution in [0.3, 0.4) is 0 Å². The molecule has 0 aliphatic carbocycles. The first-order valence-electron chi connectivity index (χ1n) is 12.3. The topological polar surface area (TPSA) is 145 Å². The monoisotopic (exact) mass is 539 g/mol. The maximum absolute atomic E-state index is 11.4. The van der Waals surface area contributed by atoms with Crippen LogP contribution in [0.5, 0.6) is 11.5 Å². The Morgan fingerprint density at radius 1 is 0.600 bits per heavy atom. The van der Waals surface area contributed by atoms with Crippen molar-refractivity contribution in [2.24, 2.45) is 0 Å². The molecule has 2 heterocycles. The number of carbonyl (C=O) groups is 2. The van der Waals surface area contributed by atoms with Gasteiger partial charge in [-0.25, -0.2) is 9.59 Å². The van der Waals surface area contributed by atoms with E-state index in [1.807, 2.05) is 42.5 Å². The third kappa shape index (κ3) is 5.90. The Morgan fingerprint density at radius 3 is 1.52 bits per heavy atom. The van der Waals surface area contributed by atoms with Crippen LogP contribution < -0.4 is 0 Å². The van der Waals surface area contributed by atoms with E-state index in [0.717, 1.165) is 5.56 Å². The maximum atomic E-state index is 11.4. The van der Waals surface area contributed by atoms with Crippen molar-refractivity contribution in [3.8, 4) is 34.1 Å². The van der Waals surface area contributed by atoms with Gasteiger partial charge in [-0.05, 0) is 66.2 Å². The van der Waals surface area contributed by atoms with Gasteiger partial charge in [0, 0.05) is 17.7 Å². The summed E-state index contributed by atoms with van der Waals surface area (Å²) < 4.78 is 12.1. The first-order chi connectivity index (χ1) is 19.3. The van der Waals surface area contributed by atoms with Crippen molar-refractivity contribution in [3.05, 3.63) is 119 Å². The van der Waals surface area contributed by atoms with Crippen molar-refractivity contribution < 1.29 is 38.8 Å². The summed E-state index contributed by atoms with van der Waals surface area (Å²) >= 11 is 0. The highest BCUT2D eigenvalue weighted by molar-refractivity contribution is 5.93. The Morgan fingerprint density at radius 2 is 1.07 bits per heavy atom. The van der Waals surface area contributed by atoms with E-state index in [0.29, 0.717) is 53.8 Å². The molecule has 3 aromatic carbocycles. The van der Waals surface area contributed by atoms with Gasteiger partial charge in [-0.2, -0.15) is 0 Å². The number of aromatic carboxylic acids is 2. The second-order valence-corrected chi connectivity index (χ2v) is 9.24. The van der Waals surface area contributed by atoms with Gasteiger partial charge in [0.2, 0.25) is 0 Å². The van der Waals surface area contributed by atoms with Gasteiger partial charge in [0.25, 0.3) is 0 Å². The molecule has 0 saturated carbocycles. The summed E-state index contributed by atoms with van der Waals surface area (Å²) in [6, 6.07) is 25.6. The molecule has 0 spiro atoms. The predicted octanol–water partition coefficient (Wildman–Crippen LogP) is 6.22. The number of carboxylic acids is 2. The summed E-state index contributed by atoms with van der Waals surface area (Å²) in [5.74, 6) is -0.866. The van der Waals surface area contributed by atoms with Gasteiger partial charge in [0.15, 0.2) is 0 Å².